The number of esters is 1. The van der Waals surface area contributed by atoms with E-state index in [9.17, 15) is 19.8 Å². The van der Waals surface area contributed by atoms with Crippen molar-refractivity contribution in [2.45, 2.75) is 257 Å². The van der Waals surface area contributed by atoms with Gasteiger partial charge in [-0.05, 0) is 77.0 Å². The Morgan fingerprint density at radius 1 is 0.508 bits per heavy atom. The van der Waals surface area contributed by atoms with E-state index in [2.05, 4.69) is 80.8 Å². The van der Waals surface area contributed by atoms with E-state index in [1.165, 1.54) is 116 Å². The van der Waals surface area contributed by atoms with Gasteiger partial charge in [-0.3, -0.25) is 9.59 Å². The maximum Gasteiger partial charge on any atom is 0.306 e. The highest BCUT2D eigenvalue weighted by Crippen LogP contribution is 2.17. The van der Waals surface area contributed by atoms with Crippen LogP contribution >= 0.6 is 0 Å². The molecule has 6 heteroatoms. The summed E-state index contributed by atoms with van der Waals surface area (Å²) in [6, 6.07) is -0.725. The molecule has 0 aromatic rings. The van der Waals surface area contributed by atoms with Gasteiger partial charge in [-0.2, -0.15) is 0 Å². The van der Waals surface area contributed by atoms with E-state index >= 15 is 0 Å². The normalized spacial score (nSPS) is 13.8. The lowest BCUT2D eigenvalue weighted by atomic mass is 10.0. The van der Waals surface area contributed by atoms with E-state index in [1.54, 1.807) is 0 Å². The van der Waals surface area contributed by atoms with Crippen molar-refractivity contribution in [3.8, 4) is 0 Å². The number of allylic oxidation sites excluding steroid dienone is 10. The number of amides is 1. The van der Waals surface area contributed by atoms with Gasteiger partial charge < -0.3 is 20.3 Å². The van der Waals surface area contributed by atoms with Gasteiger partial charge in [0.1, 0.15) is 6.10 Å². The van der Waals surface area contributed by atoms with Gasteiger partial charge in [0.15, 0.2) is 0 Å². The predicted octanol–water partition coefficient (Wildman–Crippen LogP) is 14.8. The van der Waals surface area contributed by atoms with Crippen LogP contribution in [0.5, 0.6) is 0 Å². The Morgan fingerprint density at radius 2 is 0.915 bits per heavy atom. The van der Waals surface area contributed by atoms with E-state index in [-0.39, 0.29) is 31.3 Å². The molecule has 1 amide bonds. The number of aliphatic hydroxyl groups excluding tert-OH is 2. The Bertz CT molecular complexity index is 1060. The van der Waals surface area contributed by atoms with Gasteiger partial charge in [0, 0.05) is 6.42 Å². The molecule has 3 unspecified atom stereocenters. The topological polar surface area (TPSA) is 95.9 Å². The molecule has 0 heterocycles. The maximum atomic E-state index is 13.2. The summed E-state index contributed by atoms with van der Waals surface area (Å²) in [4.78, 5) is 26.0. The van der Waals surface area contributed by atoms with Crippen molar-refractivity contribution in [1.82, 2.24) is 5.32 Å². The van der Waals surface area contributed by atoms with E-state index in [0.29, 0.717) is 19.3 Å². The number of hydrogen-bond acceptors (Lipinski definition) is 5. The number of carbonyl (C=O) groups excluding carboxylic acids is 2. The van der Waals surface area contributed by atoms with Crippen LogP contribution in [0.15, 0.2) is 60.8 Å². The fourth-order valence-electron chi connectivity index (χ4n) is 7.32. The molecule has 0 saturated heterocycles. The van der Waals surface area contributed by atoms with Crippen LogP contribution < -0.4 is 5.32 Å². The molecule has 0 spiro atoms. The molecular weight excluding hydrogens is 731 g/mol. The highest BCUT2D eigenvalue weighted by Gasteiger charge is 2.24. The van der Waals surface area contributed by atoms with Gasteiger partial charge in [0.25, 0.3) is 0 Å². The average molecular weight is 826 g/mol. The lowest BCUT2D eigenvalue weighted by Crippen LogP contribution is -2.46. The molecule has 0 aliphatic rings. The average Bonchev–Trinajstić information content (AvgIpc) is 3.23. The molecule has 0 saturated carbocycles. The van der Waals surface area contributed by atoms with Gasteiger partial charge in [0.05, 0.1) is 25.2 Å². The number of nitrogens with one attached hydrogen (secondary N) is 1. The molecule has 342 valence electrons. The van der Waals surface area contributed by atoms with Crippen LogP contribution in [0.4, 0.5) is 0 Å². The number of aliphatic hydroxyl groups is 2. The molecule has 0 aliphatic carbocycles. The van der Waals surface area contributed by atoms with Crippen LogP contribution in [0.3, 0.4) is 0 Å². The zero-order valence-corrected chi connectivity index (χ0v) is 38.9. The minimum atomic E-state index is -0.807. The second-order valence-electron chi connectivity index (χ2n) is 16.8. The number of ether oxygens (including phenoxy) is 1. The molecule has 3 N–H and O–H groups in total. The molecule has 0 radical (unpaired) electrons. The van der Waals surface area contributed by atoms with Gasteiger partial charge in [-0.25, -0.2) is 0 Å². The van der Waals surface area contributed by atoms with Gasteiger partial charge in [-0.1, -0.05) is 210 Å². The second kappa shape index (κ2) is 46.6. The minimum Gasteiger partial charge on any atom is -0.462 e. The highest BCUT2D eigenvalue weighted by atomic mass is 16.5. The lowest BCUT2D eigenvalue weighted by molar-refractivity contribution is -0.150. The molecule has 0 aromatic heterocycles. The summed E-state index contributed by atoms with van der Waals surface area (Å²) >= 11 is 0. The SMILES string of the molecule is CC/C=C/C/C=C/C/C=C/CCCCC(CC(=O)NC(CO)C(O)CCCCCCCCCCCCCCCCC)OC(=O)CC/C=C/C/C=C\CCCCCCCC. The monoisotopic (exact) mass is 826 g/mol. The summed E-state index contributed by atoms with van der Waals surface area (Å²) in [5.74, 6) is -0.594. The third kappa shape index (κ3) is 42.1. The van der Waals surface area contributed by atoms with Crippen molar-refractivity contribution < 1.29 is 24.5 Å². The van der Waals surface area contributed by atoms with Gasteiger partial charge in [0.2, 0.25) is 5.91 Å². The fraction of sp³-hybridized carbons (Fsp3) is 0.774. The molecule has 0 fully saturated rings. The van der Waals surface area contributed by atoms with Gasteiger partial charge in [-0.15, -0.1) is 0 Å². The standard InChI is InChI=1S/C53H95NO5/c1-4-7-10-13-16-19-22-25-26-28-30-33-36-39-42-45-51(56)50(48-55)54-52(57)47-49(44-41-38-35-32-29-24-21-18-15-12-9-6-3)59-53(58)46-43-40-37-34-31-27-23-20-17-14-11-8-5-2/h9,12,18,21,27,29,31-32,37,40,49-51,55-56H,4-8,10-11,13-17,19-20,22-26,28,30,33-36,38-39,41-48H2,1-3H3,(H,54,57)/b12-9+,21-18+,31-27-,32-29+,40-37+. The largest absolute Gasteiger partial charge is 0.462 e. The highest BCUT2D eigenvalue weighted by molar-refractivity contribution is 5.77. The Balaban J connectivity index is 4.65. The lowest BCUT2D eigenvalue weighted by Gasteiger charge is -2.24. The minimum absolute atomic E-state index is 0.0280. The molecule has 59 heavy (non-hydrogen) atoms. The van der Waals surface area contributed by atoms with E-state index < -0.39 is 18.2 Å². The van der Waals surface area contributed by atoms with Crippen molar-refractivity contribution >= 4 is 11.9 Å². The van der Waals surface area contributed by atoms with Crippen LogP contribution in [0, 0.1) is 0 Å². The van der Waals surface area contributed by atoms with Crippen molar-refractivity contribution in [2.75, 3.05) is 6.61 Å². The maximum absolute atomic E-state index is 13.2. The van der Waals surface area contributed by atoms with Crippen LogP contribution in [0.2, 0.25) is 0 Å². The molecular formula is C53H95NO5. The molecule has 0 aliphatic heterocycles. The summed E-state index contributed by atoms with van der Waals surface area (Å²) in [5.41, 5.74) is 0. The van der Waals surface area contributed by atoms with Crippen molar-refractivity contribution in [1.29, 1.82) is 0 Å². The number of hydrogen-bond donors (Lipinski definition) is 3. The molecule has 0 rings (SSSR count). The molecule has 3 atom stereocenters. The Kier molecular flexibility index (Phi) is 44.7. The first kappa shape index (κ1) is 56.6. The van der Waals surface area contributed by atoms with Crippen molar-refractivity contribution in [3.05, 3.63) is 60.8 Å². The van der Waals surface area contributed by atoms with Crippen LogP contribution in [-0.4, -0.2) is 46.9 Å². The van der Waals surface area contributed by atoms with Crippen LogP contribution in [-0.2, 0) is 14.3 Å². The van der Waals surface area contributed by atoms with Crippen molar-refractivity contribution in [3.63, 3.8) is 0 Å². The Labute approximate surface area is 365 Å². The predicted molar refractivity (Wildman–Crippen MR) is 255 cm³/mol. The first-order chi connectivity index (χ1) is 29.0. The zero-order chi connectivity index (χ0) is 43.1. The van der Waals surface area contributed by atoms with E-state index in [0.717, 1.165) is 70.6 Å². The van der Waals surface area contributed by atoms with Crippen LogP contribution in [0.25, 0.3) is 0 Å². The molecule has 0 aromatic carbocycles. The smallest absolute Gasteiger partial charge is 0.306 e. The summed E-state index contributed by atoms with van der Waals surface area (Å²) in [7, 11) is 0. The molecule has 6 nitrogen and oxygen atoms in total. The Morgan fingerprint density at radius 3 is 1.41 bits per heavy atom. The number of carbonyl (C=O) groups is 2. The quantitative estimate of drug-likeness (QED) is 0.0323. The summed E-state index contributed by atoms with van der Waals surface area (Å²) in [6.07, 6.45) is 57.2. The summed E-state index contributed by atoms with van der Waals surface area (Å²) in [6.45, 7) is 6.33. The summed E-state index contributed by atoms with van der Waals surface area (Å²) < 4.78 is 5.86. The second-order valence-corrected chi connectivity index (χ2v) is 16.8. The third-order valence-electron chi connectivity index (χ3n) is 11.1. The number of rotatable bonds is 44. The first-order valence-electron chi connectivity index (χ1n) is 25.0. The Hall–Kier alpha value is -2.44. The van der Waals surface area contributed by atoms with Gasteiger partial charge >= 0.3 is 5.97 Å². The van der Waals surface area contributed by atoms with Crippen molar-refractivity contribution in [2.24, 2.45) is 0 Å². The third-order valence-corrected chi connectivity index (χ3v) is 11.1. The van der Waals surface area contributed by atoms with E-state index in [1.807, 2.05) is 6.08 Å². The zero-order valence-electron chi connectivity index (χ0n) is 38.9. The number of unbranched alkanes of at least 4 members (excludes halogenated alkanes) is 22. The fourth-order valence-corrected chi connectivity index (χ4v) is 7.32. The van der Waals surface area contributed by atoms with Crippen LogP contribution in [0.1, 0.15) is 239 Å². The summed E-state index contributed by atoms with van der Waals surface area (Å²) in [5, 5.41) is 23.7. The first-order valence-corrected chi connectivity index (χ1v) is 25.0. The molecule has 0 bridgehead atoms. The van der Waals surface area contributed by atoms with E-state index in [4.69, 9.17) is 4.74 Å².